The highest BCUT2D eigenvalue weighted by Crippen LogP contribution is 2.32. The van der Waals surface area contributed by atoms with Gasteiger partial charge in [0.1, 0.15) is 16.8 Å². The fraction of sp³-hybridized carbons (Fsp3) is 0.150. The highest BCUT2D eigenvalue weighted by atomic mass is 35.5. The molecule has 2 aromatic carbocycles. The normalized spacial score (nSPS) is 10.6. The molecule has 0 unspecified atom stereocenters. The first kappa shape index (κ1) is 19.9. The average Bonchev–Trinajstić information content (AvgIpc) is 2.97. The Kier molecular flexibility index (Phi) is 5.72. The topological polar surface area (TPSA) is 64.9 Å². The van der Waals surface area contributed by atoms with Crippen molar-refractivity contribution in [3.05, 3.63) is 59.2 Å². The molecule has 4 aromatic rings. The number of halogens is 2. The van der Waals surface area contributed by atoms with Crippen LogP contribution < -0.4 is 10.1 Å². The molecular weight excluding hydrogens is 397 g/mol. The molecular formula is C20H19Cl2N5O. The monoisotopic (exact) mass is 415 g/mol. The van der Waals surface area contributed by atoms with Crippen LogP contribution in [0.3, 0.4) is 0 Å². The number of anilines is 2. The molecule has 0 amide bonds. The van der Waals surface area contributed by atoms with Gasteiger partial charge in [0.2, 0.25) is 0 Å². The summed E-state index contributed by atoms with van der Waals surface area (Å²) >= 11 is 6.26. The lowest BCUT2D eigenvalue weighted by Gasteiger charge is -2.11. The van der Waals surface area contributed by atoms with Gasteiger partial charge in [0.05, 0.1) is 17.8 Å². The van der Waals surface area contributed by atoms with Crippen LogP contribution in [0, 0.1) is 6.92 Å². The lowest BCUT2D eigenvalue weighted by atomic mass is 10.2. The van der Waals surface area contributed by atoms with Gasteiger partial charge < -0.3 is 10.1 Å². The van der Waals surface area contributed by atoms with Crippen LogP contribution in [0.1, 0.15) is 5.69 Å². The molecule has 28 heavy (non-hydrogen) atoms. The Bertz CT molecular complexity index is 1130. The first-order valence-electron chi connectivity index (χ1n) is 8.44. The average molecular weight is 416 g/mol. The number of hydrogen-bond donors (Lipinski definition) is 1. The van der Waals surface area contributed by atoms with Crippen molar-refractivity contribution >= 4 is 46.5 Å². The summed E-state index contributed by atoms with van der Waals surface area (Å²) in [5.74, 6) is 1.93. The van der Waals surface area contributed by atoms with Crippen molar-refractivity contribution in [3.8, 4) is 17.1 Å². The van der Waals surface area contributed by atoms with Crippen LogP contribution in [0.25, 0.3) is 22.4 Å². The number of nitrogens with zero attached hydrogens (tertiary/aromatic N) is 4. The standard InChI is InChI=1S/C20H18ClN5O.ClH/c1-12-17-18(26(2)25-12)20(22-14-9-10-16(27-3)15(21)11-14)24-19(23-17)13-7-5-4-6-8-13;/h4-11H,1-3H3,(H,22,23,24);1H. The smallest absolute Gasteiger partial charge is 0.162 e. The number of aryl methyl sites for hydroxylation is 2. The highest BCUT2D eigenvalue weighted by Gasteiger charge is 2.16. The zero-order chi connectivity index (χ0) is 19.0. The molecule has 0 saturated heterocycles. The van der Waals surface area contributed by atoms with Gasteiger partial charge in [-0.1, -0.05) is 41.9 Å². The molecule has 0 aliphatic heterocycles. The van der Waals surface area contributed by atoms with Crippen molar-refractivity contribution in [2.75, 3.05) is 12.4 Å². The lowest BCUT2D eigenvalue weighted by Crippen LogP contribution is -2.02. The lowest BCUT2D eigenvalue weighted by molar-refractivity contribution is 0.415. The summed E-state index contributed by atoms with van der Waals surface area (Å²) in [4.78, 5) is 9.49. The number of benzene rings is 2. The van der Waals surface area contributed by atoms with Gasteiger partial charge in [0.15, 0.2) is 11.6 Å². The Morgan fingerprint density at radius 2 is 1.82 bits per heavy atom. The van der Waals surface area contributed by atoms with Gasteiger partial charge in [-0.05, 0) is 25.1 Å². The number of ether oxygens (including phenoxy) is 1. The summed E-state index contributed by atoms with van der Waals surface area (Å²) in [6.45, 7) is 1.94. The minimum Gasteiger partial charge on any atom is -0.495 e. The SMILES string of the molecule is COc1ccc(Nc2nc(-c3ccccc3)nc3c(C)nn(C)c23)cc1Cl.Cl. The fourth-order valence-electron chi connectivity index (χ4n) is 3.02. The number of rotatable bonds is 4. The van der Waals surface area contributed by atoms with E-state index >= 15 is 0 Å². The summed E-state index contributed by atoms with van der Waals surface area (Å²) in [5.41, 5.74) is 4.24. The minimum absolute atomic E-state index is 0. The van der Waals surface area contributed by atoms with Gasteiger partial charge in [-0.2, -0.15) is 5.10 Å². The maximum Gasteiger partial charge on any atom is 0.162 e. The molecule has 0 saturated carbocycles. The zero-order valence-electron chi connectivity index (χ0n) is 15.6. The maximum atomic E-state index is 6.26. The largest absolute Gasteiger partial charge is 0.495 e. The van der Waals surface area contributed by atoms with E-state index in [-0.39, 0.29) is 12.4 Å². The maximum absolute atomic E-state index is 6.26. The van der Waals surface area contributed by atoms with Gasteiger partial charge in [0.25, 0.3) is 0 Å². The molecule has 6 nitrogen and oxygen atoms in total. The van der Waals surface area contributed by atoms with Crippen LogP contribution in [0.15, 0.2) is 48.5 Å². The van der Waals surface area contributed by atoms with Crippen molar-refractivity contribution < 1.29 is 4.74 Å². The molecule has 2 aromatic heterocycles. The zero-order valence-corrected chi connectivity index (χ0v) is 17.2. The second-order valence-corrected chi connectivity index (χ2v) is 6.55. The van der Waals surface area contributed by atoms with Gasteiger partial charge in [0, 0.05) is 18.3 Å². The van der Waals surface area contributed by atoms with Gasteiger partial charge >= 0.3 is 0 Å². The van der Waals surface area contributed by atoms with E-state index in [0.717, 1.165) is 28.0 Å². The van der Waals surface area contributed by atoms with Crippen molar-refractivity contribution in [1.82, 2.24) is 19.7 Å². The molecule has 0 bridgehead atoms. The number of fused-ring (bicyclic) bond motifs is 1. The Labute approximate surface area is 173 Å². The Morgan fingerprint density at radius 3 is 2.50 bits per heavy atom. The number of aromatic nitrogens is 4. The second kappa shape index (κ2) is 8.04. The molecule has 0 aliphatic carbocycles. The number of hydrogen-bond acceptors (Lipinski definition) is 5. The summed E-state index contributed by atoms with van der Waals surface area (Å²) in [5, 5.41) is 8.38. The predicted molar refractivity (Wildman–Crippen MR) is 115 cm³/mol. The summed E-state index contributed by atoms with van der Waals surface area (Å²) in [7, 11) is 3.47. The van der Waals surface area contributed by atoms with E-state index in [4.69, 9.17) is 26.3 Å². The Morgan fingerprint density at radius 1 is 1.07 bits per heavy atom. The summed E-state index contributed by atoms with van der Waals surface area (Å²) in [6.07, 6.45) is 0. The first-order chi connectivity index (χ1) is 13.1. The second-order valence-electron chi connectivity index (χ2n) is 6.14. The fourth-order valence-corrected chi connectivity index (χ4v) is 3.28. The minimum atomic E-state index is 0. The van der Waals surface area contributed by atoms with Crippen LogP contribution in [-0.4, -0.2) is 26.9 Å². The van der Waals surface area contributed by atoms with E-state index in [1.165, 1.54) is 0 Å². The first-order valence-corrected chi connectivity index (χ1v) is 8.82. The molecule has 1 N–H and O–H groups in total. The molecule has 8 heteroatoms. The van der Waals surface area contributed by atoms with E-state index in [2.05, 4.69) is 10.4 Å². The molecule has 0 aliphatic rings. The van der Waals surface area contributed by atoms with Crippen LogP contribution in [0.5, 0.6) is 5.75 Å². The van der Waals surface area contributed by atoms with Crippen molar-refractivity contribution in [2.45, 2.75) is 6.92 Å². The van der Waals surface area contributed by atoms with Crippen LogP contribution in [0.4, 0.5) is 11.5 Å². The van der Waals surface area contributed by atoms with Crippen molar-refractivity contribution in [2.24, 2.45) is 7.05 Å². The molecule has 144 valence electrons. The van der Waals surface area contributed by atoms with E-state index < -0.39 is 0 Å². The Balaban J connectivity index is 0.00000225. The van der Waals surface area contributed by atoms with Crippen LogP contribution in [0.2, 0.25) is 5.02 Å². The molecule has 0 spiro atoms. The quantitative estimate of drug-likeness (QED) is 0.498. The highest BCUT2D eigenvalue weighted by molar-refractivity contribution is 6.32. The van der Waals surface area contributed by atoms with Gasteiger partial charge in [-0.15, -0.1) is 12.4 Å². The van der Waals surface area contributed by atoms with Crippen molar-refractivity contribution in [3.63, 3.8) is 0 Å². The molecule has 2 heterocycles. The predicted octanol–water partition coefficient (Wildman–Crippen LogP) is 5.17. The van der Waals surface area contributed by atoms with E-state index in [1.54, 1.807) is 17.9 Å². The van der Waals surface area contributed by atoms with Crippen LogP contribution in [-0.2, 0) is 7.05 Å². The van der Waals surface area contributed by atoms with Gasteiger partial charge in [-0.3, -0.25) is 4.68 Å². The van der Waals surface area contributed by atoms with E-state index in [0.29, 0.717) is 22.4 Å². The van der Waals surface area contributed by atoms with E-state index in [9.17, 15) is 0 Å². The number of methoxy groups -OCH3 is 1. The summed E-state index contributed by atoms with van der Waals surface area (Å²) in [6, 6.07) is 15.4. The molecule has 0 radical (unpaired) electrons. The third kappa shape index (κ3) is 3.61. The van der Waals surface area contributed by atoms with E-state index in [1.807, 2.05) is 56.4 Å². The third-order valence-corrected chi connectivity index (χ3v) is 4.59. The van der Waals surface area contributed by atoms with Crippen molar-refractivity contribution in [1.29, 1.82) is 0 Å². The van der Waals surface area contributed by atoms with Gasteiger partial charge in [-0.25, -0.2) is 9.97 Å². The summed E-state index contributed by atoms with van der Waals surface area (Å²) < 4.78 is 7.00. The third-order valence-electron chi connectivity index (χ3n) is 4.30. The number of nitrogens with one attached hydrogen (secondary N) is 1. The molecule has 0 atom stereocenters. The Hall–Kier alpha value is -2.83. The van der Waals surface area contributed by atoms with Crippen LogP contribution >= 0.6 is 24.0 Å². The molecule has 0 fully saturated rings. The molecule has 4 rings (SSSR count).